The fourth-order valence-electron chi connectivity index (χ4n) is 1.35. The summed E-state index contributed by atoms with van der Waals surface area (Å²) in [6.07, 6.45) is 3.53. The van der Waals surface area contributed by atoms with Gasteiger partial charge in [-0.15, -0.1) is 0 Å². The van der Waals surface area contributed by atoms with Crippen LogP contribution in [0.4, 0.5) is 0 Å². The fourth-order valence-corrected chi connectivity index (χ4v) is 1.35. The molecule has 0 aromatic carbocycles. The molecule has 1 N–H and O–H groups in total. The molecule has 0 saturated carbocycles. The van der Waals surface area contributed by atoms with E-state index in [-0.39, 0.29) is 51.7 Å². The summed E-state index contributed by atoms with van der Waals surface area (Å²) in [6, 6.07) is 0.169. The Balaban J connectivity index is -0.0000000272. The van der Waals surface area contributed by atoms with Crippen LogP contribution >= 0.6 is 0 Å². The van der Waals surface area contributed by atoms with Gasteiger partial charge in [0.05, 0.1) is 6.10 Å². The van der Waals surface area contributed by atoms with Crippen LogP contribution in [0.25, 0.3) is 0 Å². The molecule has 1 heterocycles. The molecule has 0 aromatic heterocycles. The first-order valence-electron chi connectivity index (χ1n) is 6.61. The van der Waals surface area contributed by atoms with Crippen LogP contribution in [-0.4, -0.2) is 41.1 Å². The van der Waals surface area contributed by atoms with Gasteiger partial charge in [-0.1, -0.05) is 13.8 Å². The maximum absolute atomic E-state index is 8.93. The molecule has 1 rings (SSSR count). The minimum atomic E-state index is -0.366. The molecule has 12 heteroatoms. The topological polar surface area (TPSA) is 153 Å². The van der Waals surface area contributed by atoms with Crippen LogP contribution in [0.15, 0.2) is 0 Å². The van der Waals surface area contributed by atoms with Crippen molar-refractivity contribution in [3.63, 3.8) is 0 Å². The molecule has 0 unspecified atom stereocenters. The van der Waals surface area contributed by atoms with E-state index in [9.17, 15) is 0 Å². The predicted octanol–water partition coefficient (Wildman–Crippen LogP) is 0.876. The molecule has 1 fully saturated rings. The molecule has 1 aliphatic heterocycles. The van der Waals surface area contributed by atoms with Gasteiger partial charge in [-0.2, -0.15) is 5.06 Å². The third-order valence-electron chi connectivity index (χ3n) is 3.07. The minimum Gasteiger partial charge on any atom is 0 e. The average molecular weight is 514 g/mol. The van der Waals surface area contributed by atoms with E-state index in [0.29, 0.717) is 0 Å². The summed E-state index contributed by atoms with van der Waals surface area (Å²) in [5.74, 6) is 1.12. The zero-order valence-electron chi connectivity index (χ0n) is 16.5. The monoisotopic (exact) mass is 514 g/mol. The first-order chi connectivity index (χ1) is 12.9. The molecule has 1 aliphatic rings. The molecular formula is C17H24Fe2NO8S+. The summed E-state index contributed by atoms with van der Waals surface area (Å²) in [6.45, 7) is 35.0. The third kappa shape index (κ3) is 32.3. The number of nitrogens with zero attached hydrogens (tertiary/aromatic N) is 1. The first-order valence-corrected chi connectivity index (χ1v) is 7.32. The summed E-state index contributed by atoms with van der Waals surface area (Å²) in [7, 11) is 1.86. The summed E-state index contributed by atoms with van der Waals surface area (Å²) < 4.78 is 45.0. The van der Waals surface area contributed by atoms with E-state index in [1.54, 1.807) is 5.06 Å². The number of carbonyl (C=O) groups excluding carboxylic acids is 1. The number of hydroxylamine groups is 2. The predicted molar refractivity (Wildman–Crippen MR) is 91.7 cm³/mol. The third-order valence-corrected chi connectivity index (χ3v) is 3.57. The van der Waals surface area contributed by atoms with Gasteiger partial charge in [0.15, 0.2) is 0 Å². The van der Waals surface area contributed by atoms with Gasteiger partial charge in [0.1, 0.15) is 5.75 Å². The number of hydrogen-bond donors (Lipinski definition) is 0. The smallest absolute Gasteiger partial charge is 0 e. The van der Waals surface area contributed by atoms with Crippen molar-refractivity contribution < 1.29 is 71.7 Å². The van der Waals surface area contributed by atoms with Crippen LogP contribution < -0.4 is 0 Å². The summed E-state index contributed by atoms with van der Waals surface area (Å²) in [5.41, 5.74) is -0.366. The molecule has 0 aliphatic carbocycles. The summed E-state index contributed by atoms with van der Waals surface area (Å²) >= 11 is 3.29. The second-order valence-corrected chi connectivity index (χ2v) is 4.61. The van der Waals surface area contributed by atoms with E-state index >= 15 is 0 Å². The van der Waals surface area contributed by atoms with Crippen molar-refractivity contribution in [2.45, 2.75) is 46.3 Å². The van der Waals surface area contributed by atoms with E-state index in [0.717, 1.165) is 5.75 Å². The van der Waals surface area contributed by atoms with Crippen LogP contribution in [0.5, 0.6) is 0 Å². The molecule has 0 radical (unpaired) electrons. The summed E-state index contributed by atoms with van der Waals surface area (Å²) in [4.78, 5) is 14.3. The van der Waals surface area contributed by atoms with Crippen molar-refractivity contribution in [1.29, 1.82) is 0 Å². The van der Waals surface area contributed by atoms with Crippen molar-refractivity contribution in [3.05, 3.63) is 39.9 Å². The quantitative estimate of drug-likeness (QED) is 0.305. The zero-order valence-corrected chi connectivity index (χ0v) is 19.7. The van der Waals surface area contributed by atoms with Gasteiger partial charge in [-0.05, 0) is 44.6 Å². The average Bonchev–Trinajstić information content (AvgIpc) is 2.99. The van der Waals surface area contributed by atoms with Crippen LogP contribution in [-0.2, 0) is 79.5 Å². The van der Waals surface area contributed by atoms with Gasteiger partial charge in [0.25, 0.3) is 0 Å². The largest absolute Gasteiger partial charge is 0 e. The maximum atomic E-state index is 8.93. The fraction of sp³-hybridized carbons (Fsp3) is 0.588. The van der Waals surface area contributed by atoms with E-state index < -0.39 is 0 Å². The van der Waals surface area contributed by atoms with Crippen molar-refractivity contribution in [2.24, 2.45) is 5.41 Å². The molecule has 29 heavy (non-hydrogen) atoms. The van der Waals surface area contributed by atoms with Gasteiger partial charge in [-0.3, -0.25) is 4.84 Å². The van der Waals surface area contributed by atoms with Crippen LogP contribution in [0, 0.1) is 45.3 Å². The van der Waals surface area contributed by atoms with E-state index in [4.69, 9.17) is 37.5 Å². The Labute approximate surface area is 199 Å². The van der Waals surface area contributed by atoms with Gasteiger partial charge >= 0.3 is 67.8 Å². The number of hydrogen-bond acceptors (Lipinski definition) is 2. The van der Waals surface area contributed by atoms with Crippen molar-refractivity contribution in [1.82, 2.24) is 5.06 Å². The van der Waals surface area contributed by atoms with Gasteiger partial charge in [0.2, 0.25) is 0 Å². The SMILES string of the molecule is CCC[SH2+].C[C@@H]1ON(C)[C@H](C)[C@@]1(C)[C-]=[OH+].[C-]#[O+].[C-]#[O+].[C-]#[O+].[C-]#[O+].[C-]#[O+].[C-]#[O+].[Fe].[Fe]. The molecule has 9 nitrogen and oxygen atoms in total. The van der Waals surface area contributed by atoms with E-state index in [1.807, 2.05) is 27.8 Å². The van der Waals surface area contributed by atoms with Gasteiger partial charge in [-0.25, -0.2) is 0 Å². The Morgan fingerprint density at radius 3 is 1.24 bits per heavy atom. The van der Waals surface area contributed by atoms with Crippen LogP contribution in [0.2, 0.25) is 0 Å². The minimum absolute atomic E-state index is 0. The molecule has 0 aromatic rings. The van der Waals surface area contributed by atoms with Crippen LogP contribution in [0.1, 0.15) is 34.1 Å². The second-order valence-electron chi connectivity index (χ2n) is 4.11. The number of rotatable bonds is 2. The maximum Gasteiger partial charge on any atom is 0 e. The Kier molecular flexibility index (Phi) is 110. The van der Waals surface area contributed by atoms with Crippen molar-refractivity contribution in [2.75, 3.05) is 12.8 Å². The Morgan fingerprint density at radius 1 is 0.931 bits per heavy atom. The standard InChI is InChI=1S/C8H15NO2.C3H8S.6CO.2Fe/c1-6-8(3,5-10)7(2)11-9(6)4;1-2-3-4;6*1-2;;/h6-7,10H,1-4H3;4H,2-3H2,1H3;;;;;;;;/p+1/t6-,7+,8-;;;;;;;;;/m1........./s1. The van der Waals surface area contributed by atoms with E-state index in [2.05, 4.69) is 65.7 Å². The first kappa shape index (κ1) is 56.7. The Hall–Kier alpha value is -0.581. The zero-order chi connectivity index (χ0) is 24.1. The molecule has 3 atom stereocenters. The second kappa shape index (κ2) is 56.4. The molecule has 166 valence electrons. The molecule has 0 spiro atoms. The molecule has 0 bridgehead atoms. The van der Waals surface area contributed by atoms with Crippen molar-refractivity contribution >= 4 is 18.9 Å². The molecule has 0 amide bonds. The molecule has 1 saturated heterocycles. The van der Waals surface area contributed by atoms with Gasteiger partial charge in [0, 0.05) is 47.2 Å². The van der Waals surface area contributed by atoms with Gasteiger partial charge < -0.3 is 4.79 Å². The molecular weight excluding hydrogens is 490 g/mol. The normalized spacial score (nSPS) is 19.0. The van der Waals surface area contributed by atoms with Crippen LogP contribution in [0.3, 0.4) is 0 Å². The Morgan fingerprint density at radius 2 is 1.17 bits per heavy atom. The Bertz CT molecular complexity index is 379. The summed E-state index contributed by atoms with van der Waals surface area (Å²) in [5, 5.41) is 1.76. The van der Waals surface area contributed by atoms with E-state index in [1.165, 1.54) is 6.42 Å². The van der Waals surface area contributed by atoms with Crippen molar-refractivity contribution in [3.8, 4) is 0 Å².